The topological polar surface area (TPSA) is 83.8 Å². The summed E-state index contributed by atoms with van der Waals surface area (Å²) in [4.78, 5) is 22.3. The molecular formula is C23H40O5. The molecule has 0 rings (SSSR count). The Morgan fingerprint density at radius 3 is 1.82 bits per heavy atom. The predicted molar refractivity (Wildman–Crippen MR) is 113 cm³/mol. The van der Waals surface area contributed by atoms with E-state index in [-0.39, 0.29) is 0 Å². The van der Waals surface area contributed by atoms with E-state index < -0.39 is 24.6 Å². The van der Waals surface area contributed by atoms with Gasteiger partial charge in [-0.1, -0.05) is 102 Å². The van der Waals surface area contributed by atoms with E-state index in [9.17, 15) is 9.59 Å². The molecule has 0 aliphatic heterocycles. The zero-order valence-corrected chi connectivity index (χ0v) is 17.6. The highest BCUT2D eigenvalue weighted by atomic mass is 16.6. The molecule has 5 nitrogen and oxygen atoms in total. The molecule has 0 aliphatic rings. The fraction of sp³-hybridized carbons (Fsp3) is 0.739. The van der Waals surface area contributed by atoms with Crippen molar-refractivity contribution in [3.63, 3.8) is 0 Å². The number of allylic oxidation sites excluding steroid dienone is 3. The third kappa shape index (κ3) is 17.9. The fourth-order valence-electron chi connectivity index (χ4n) is 2.86. The smallest absolute Gasteiger partial charge is 0.345 e. The second-order valence-corrected chi connectivity index (χ2v) is 7.26. The van der Waals surface area contributed by atoms with Crippen LogP contribution in [0.2, 0.25) is 0 Å². The molecule has 0 aliphatic carbocycles. The van der Waals surface area contributed by atoms with Crippen LogP contribution in [0.1, 0.15) is 96.8 Å². The van der Waals surface area contributed by atoms with Gasteiger partial charge in [0.05, 0.1) is 6.61 Å². The molecule has 162 valence electrons. The molecule has 0 fully saturated rings. The lowest BCUT2D eigenvalue weighted by molar-refractivity contribution is -0.164. The van der Waals surface area contributed by atoms with Crippen molar-refractivity contribution >= 4 is 11.9 Å². The van der Waals surface area contributed by atoms with Crippen molar-refractivity contribution < 1.29 is 24.5 Å². The maximum atomic E-state index is 11.3. The van der Waals surface area contributed by atoms with Gasteiger partial charge in [-0.15, -0.1) is 0 Å². The average molecular weight is 397 g/mol. The first-order chi connectivity index (χ1) is 13.6. The number of aliphatic hydroxyl groups is 2. The van der Waals surface area contributed by atoms with Crippen LogP contribution < -0.4 is 0 Å². The number of esters is 2. The Morgan fingerprint density at radius 1 is 0.821 bits per heavy atom. The first-order valence-corrected chi connectivity index (χ1v) is 11.0. The molecule has 2 N–H and O–H groups in total. The van der Waals surface area contributed by atoms with Crippen molar-refractivity contribution in [3.05, 3.63) is 24.3 Å². The molecule has 0 saturated carbocycles. The van der Waals surface area contributed by atoms with Gasteiger partial charge in [0, 0.05) is 6.08 Å². The van der Waals surface area contributed by atoms with Gasteiger partial charge in [-0.3, -0.25) is 0 Å². The van der Waals surface area contributed by atoms with E-state index in [4.69, 9.17) is 10.2 Å². The molecule has 0 aromatic heterocycles. The molecule has 1 unspecified atom stereocenters. The Kier molecular flexibility index (Phi) is 19.2. The summed E-state index contributed by atoms with van der Waals surface area (Å²) in [6.07, 6.45) is 23.0. The second-order valence-electron chi connectivity index (χ2n) is 7.26. The molecule has 0 heterocycles. The number of rotatable bonds is 18. The number of unbranched alkanes of at least 4 members (excludes halogenated alkanes) is 13. The minimum Gasteiger partial charge on any atom is -0.393 e. The third-order valence-corrected chi connectivity index (χ3v) is 4.60. The van der Waals surface area contributed by atoms with Gasteiger partial charge in [-0.2, -0.15) is 0 Å². The van der Waals surface area contributed by atoms with Crippen LogP contribution in [-0.4, -0.2) is 34.9 Å². The molecule has 0 spiro atoms. The fourth-order valence-corrected chi connectivity index (χ4v) is 2.86. The normalized spacial score (nSPS) is 12.7. The van der Waals surface area contributed by atoms with Crippen molar-refractivity contribution in [2.45, 2.75) is 103 Å². The van der Waals surface area contributed by atoms with E-state index in [2.05, 4.69) is 11.7 Å². The van der Waals surface area contributed by atoms with Gasteiger partial charge in [0.15, 0.2) is 6.10 Å². The van der Waals surface area contributed by atoms with Gasteiger partial charge in [-0.05, 0) is 12.8 Å². The third-order valence-electron chi connectivity index (χ3n) is 4.60. The number of hydrogen-bond donors (Lipinski definition) is 2. The minimum absolute atomic E-state index is 0.769. The summed E-state index contributed by atoms with van der Waals surface area (Å²) in [7, 11) is 0. The van der Waals surface area contributed by atoms with Crippen LogP contribution in [0.15, 0.2) is 24.3 Å². The summed E-state index contributed by atoms with van der Waals surface area (Å²) in [5.41, 5.74) is 0. The van der Waals surface area contributed by atoms with Crippen LogP contribution >= 0.6 is 0 Å². The largest absolute Gasteiger partial charge is 0.393 e. The number of carbonyl (C=O) groups is 2. The quantitative estimate of drug-likeness (QED) is 0.112. The zero-order chi connectivity index (χ0) is 20.9. The number of carbonyl (C=O) groups excluding carboxylic acids is 2. The molecule has 0 radical (unpaired) electrons. The highest BCUT2D eigenvalue weighted by Gasteiger charge is 2.17. The molecule has 0 aromatic rings. The lowest BCUT2D eigenvalue weighted by Gasteiger charge is -2.03. The van der Waals surface area contributed by atoms with Crippen molar-refractivity contribution in [2.24, 2.45) is 0 Å². The van der Waals surface area contributed by atoms with Gasteiger partial charge >= 0.3 is 11.9 Å². The van der Waals surface area contributed by atoms with Crippen molar-refractivity contribution in [1.29, 1.82) is 0 Å². The number of ether oxygens (including phenoxy) is 1. The first kappa shape index (κ1) is 26.5. The van der Waals surface area contributed by atoms with Crippen LogP contribution in [0.5, 0.6) is 0 Å². The molecule has 0 amide bonds. The van der Waals surface area contributed by atoms with Gasteiger partial charge in [-0.25, -0.2) is 9.59 Å². The standard InChI is InChI=1S/C23H40O5/c1-2-3-4-5-6-7-8-9-10-11-12-13-14-15-16-17-18-19-22(26)28-23(27)21(25)20-24/h16-19,21,24-25H,2-15,20H2,1H3. The summed E-state index contributed by atoms with van der Waals surface area (Å²) >= 11 is 0. The summed E-state index contributed by atoms with van der Waals surface area (Å²) in [6.45, 7) is 1.49. The van der Waals surface area contributed by atoms with Crippen LogP contribution in [-0.2, 0) is 14.3 Å². The summed E-state index contributed by atoms with van der Waals surface area (Å²) in [6, 6.07) is 0. The average Bonchev–Trinajstić information content (AvgIpc) is 2.69. The van der Waals surface area contributed by atoms with E-state index >= 15 is 0 Å². The monoisotopic (exact) mass is 396 g/mol. The Bertz CT molecular complexity index is 442. The lowest BCUT2D eigenvalue weighted by Crippen LogP contribution is -2.28. The Labute approximate surface area is 170 Å². The van der Waals surface area contributed by atoms with E-state index in [1.54, 1.807) is 6.08 Å². The highest BCUT2D eigenvalue weighted by Crippen LogP contribution is 2.13. The van der Waals surface area contributed by atoms with Gasteiger partial charge in [0.1, 0.15) is 0 Å². The summed E-state index contributed by atoms with van der Waals surface area (Å²) in [5.74, 6) is -2.00. The van der Waals surface area contributed by atoms with Crippen LogP contribution in [0, 0.1) is 0 Å². The molecule has 0 bridgehead atoms. The molecule has 1 atom stereocenters. The first-order valence-electron chi connectivity index (χ1n) is 11.0. The zero-order valence-electron chi connectivity index (χ0n) is 17.6. The molecule has 0 aromatic carbocycles. The predicted octanol–water partition coefficient (Wildman–Crippen LogP) is 5.00. The maximum absolute atomic E-state index is 11.3. The van der Waals surface area contributed by atoms with Crippen LogP contribution in [0.3, 0.4) is 0 Å². The molecule has 5 heteroatoms. The Morgan fingerprint density at radius 2 is 1.32 bits per heavy atom. The SMILES string of the molecule is CCCCCCCCCCCCCCCC=CC=CC(=O)OC(=O)C(O)CO. The van der Waals surface area contributed by atoms with E-state index in [0.29, 0.717) is 0 Å². The lowest BCUT2D eigenvalue weighted by atomic mass is 10.0. The van der Waals surface area contributed by atoms with Crippen molar-refractivity contribution in [2.75, 3.05) is 6.61 Å². The van der Waals surface area contributed by atoms with Crippen molar-refractivity contribution in [1.82, 2.24) is 0 Å². The van der Waals surface area contributed by atoms with E-state index in [0.717, 1.165) is 18.9 Å². The molecular weight excluding hydrogens is 356 g/mol. The van der Waals surface area contributed by atoms with Gasteiger partial charge in [0.2, 0.25) is 0 Å². The van der Waals surface area contributed by atoms with E-state index in [1.807, 2.05) is 6.08 Å². The molecule has 0 saturated heterocycles. The highest BCUT2D eigenvalue weighted by molar-refractivity contribution is 5.93. The molecule has 28 heavy (non-hydrogen) atoms. The second kappa shape index (κ2) is 20.3. The van der Waals surface area contributed by atoms with Gasteiger partial charge < -0.3 is 14.9 Å². The summed E-state index contributed by atoms with van der Waals surface area (Å²) in [5, 5.41) is 17.5. The number of aliphatic hydroxyl groups excluding tert-OH is 2. The maximum Gasteiger partial charge on any atom is 0.345 e. The Hall–Kier alpha value is -1.46. The minimum atomic E-state index is -1.68. The Balaban J connectivity index is 3.42. The number of hydrogen-bond acceptors (Lipinski definition) is 5. The van der Waals surface area contributed by atoms with Crippen LogP contribution in [0.4, 0.5) is 0 Å². The summed E-state index contributed by atoms with van der Waals surface area (Å²) < 4.78 is 4.32. The van der Waals surface area contributed by atoms with Crippen LogP contribution in [0.25, 0.3) is 0 Å². The van der Waals surface area contributed by atoms with E-state index in [1.165, 1.54) is 83.1 Å². The van der Waals surface area contributed by atoms with Crippen molar-refractivity contribution in [3.8, 4) is 0 Å². The van der Waals surface area contributed by atoms with Gasteiger partial charge in [0.25, 0.3) is 0 Å².